The first-order valence-corrected chi connectivity index (χ1v) is 6.94. The number of carbonyl (C=O) groups excluding carboxylic acids is 1. The lowest BCUT2D eigenvalue weighted by molar-refractivity contribution is -0.125. The molecular formula is C14H22N4O. The number of aromatic nitrogens is 2. The number of hydrogen-bond donors (Lipinski definition) is 1. The predicted octanol–water partition coefficient (Wildman–Crippen LogP) is 1.45. The van der Waals surface area contributed by atoms with Crippen molar-refractivity contribution in [2.75, 3.05) is 24.5 Å². The summed E-state index contributed by atoms with van der Waals surface area (Å²) >= 11 is 0. The van der Waals surface area contributed by atoms with E-state index in [1.165, 1.54) is 0 Å². The number of hydrogen-bond acceptors (Lipinski definition) is 4. The summed E-state index contributed by atoms with van der Waals surface area (Å²) in [5, 5.41) is 2.91. The number of rotatable bonds is 3. The molecule has 1 fully saturated rings. The first kappa shape index (κ1) is 13.8. The first-order valence-electron chi connectivity index (χ1n) is 6.94. The third-order valence-corrected chi connectivity index (χ3v) is 3.56. The van der Waals surface area contributed by atoms with Crippen LogP contribution in [0.3, 0.4) is 0 Å². The van der Waals surface area contributed by atoms with Crippen molar-refractivity contribution in [1.29, 1.82) is 0 Å². The van der Waals surface area contributed by atoms with E-state index in [0.717, 1.165) is 43.1 Å². The minimum atomic E-state index is 0.0782. The summed E-state index contributed by atoms with van der Waals surface area (Å²) in [7, 11) is 0. The zero-order chi connectivity index (χ0) is 13.8. The molecule has 1 aromatic heterocycles. The van der Waals surface area contributed by atoms with Crippen molar-refractivity contribution in [3.63, 3.8) is 0 Å². The van der Waals surface area contributed by atoms with E-state index in [9.17, 15) is 4.79 Å². The van der Waals surface area contributed by atoms with Crippen LogP contribution in [0.25, 0.3) is 0 Å². The van der Waals surface area contributed by atoms with Crippen LogP contribution in [0.15, 0.2) is 6.20 Å². The van der Waals surface area contributed by atoms with E-state index in [0.29, 0.717) is 6.54 Å². The summed E-state index contributed by atoms with van der Waals surface area (Å²) in [6, 6.07) is 0. The minimum absolute atomic E-state index is 0.0782. The van der Waals surface area contributed by atoms with E-state index >= 15 is 0 Å². The molecule has 0 bridgehead atoms. The molecule has 0 aromatic carbocycles. The fourth-order valence-corrected chi connectivity index (χ4v) is 2.62. The van der Waals surface area contributed by atoms with Crippen molar-refractivity contribution in [2.24, 2.45) is 5.92 Å². The van der Waals surface area contributed by atoms with Gasteiger partial charge in [0.15, 0.2) is 0 Å². The van der Waals surface area contributed by atoms with Crippen molar-refractivity contribution >= 4 is 11.6 Å². The van der Waals surface area contributed by atoms with Gasteiger partial charge in [-0.1, -0.05) is 0 Å². The molecule has 0 aliphatic carbocycles. The molecule has 1 N–H and O–H groups in total. The highest BCUT2D eigenvalue weighted by atomic mass is 16.1. The molecule has 19 heavy (non-hydrogen) atoms. The van der Waals surface area contributed by atoms with E-state index in [4.69, 9.17) is 0 Å². The summed E-state index contributed by atoms with van der Waals surface area (Å²) in [6.07, 6.45) is 3.88. The van der Waals surface area contributed by atoms with E-state index in [2.05, 4.69) is 20.2 Å². The Morgan fingerprint density at radius 2 is 2.32 bits per heavy atom. The molecule has 1 amide bonds. The molecule has 1 aliphatic heterocycles. The Labute approximate surface area is 114 Å². The van der Waals surface area contributed by atoms with Crippen LogP contribution in [-0.4, -0.2) is 35.5 Å². The van der Waals surface area contributed by atoms with Gasteiger partial charge in [-0.2, -0.15) is 0 Å². The zero-order valence-electron chi connectivity index (χ0n) is 11.9. The van der Waals surface area contributed by atoms with Crippen molar-refractivity contribution in [3.05, 3.63) is 17.7 Å². The van der Waals surface area contributed by atoms with Gasteiger partial charge in [-0.05, 0) is 33.6 Å². The molecule has 1 aromatic rings. The number of nitrogens with one attached hydrogen (secondary N) is 1. The van der Waals surface area contributed by atoms with Gasteiger partial charge in [0.1, 0.15) is 5.82 Å². The maximum atomic E-state index is 11.9. The highest BCUT2D eigenvalue weighted by molar-refractivity contribution is 5.79. The molecule has 2 heterocycles. The Balaban J connectivity index is 2.10. The molecule has 0 saturated carbocycles. The SMILES string of the molecule is CCNC(=O)[C@H]1CCCN(c2cnc(C)nc2C)C1. The molecular weight excluding hydrogens is 240 g/mol. The maximum absolute atomic E-state index is 11.9. The first-order chi connectivity index (χ1) is 9.11. The van der Waals surface area contributed by atoms with Crippen LogP contribution in [-0.2, 0) is 4.79 Å². The molecule has 2 rings (SSSR count). The normalized spacial score (nSPS) is 19.3. The summed E-state index contributed by atoms with van der Waals surface area (Å²) in [6.45, 7) is 8.28. The average molecular weight is 262 g/mol. The Morgan fingerprint density at radius 3 is 3.00 bits per heavy atom. The second kappa shape index (κ2) is 5.99. The maximum Gasteiger partial charge on any atom is 0.224 e. The smallest absolute Gasteiger partial charge is 0.224 e. The minimum Gasteiger partial charge on any atom is -0.368 e. The van der Waals surface area contributed by atoms with Gasteiger partial charge >= 0.3 is 0 Å². The van der Waals surface area contributed by atoms with Gasteiger partial charge in [-0.3, -0.25) is 4.79 Å². The number of carbonyl (C=O) groups is 1. The predicted molar refractivity (Wildman–Crippen MR) is 75.1 cm³/mol. The third kappa shape index (κ3) is 3.22. The second-order valence-corrected chi connectivity index (χ2v) is 5.07. The average Bonchev–Trinajstić information content (AvgIpc) is 2.39. The van der Waals surface area contributed by atoms with E-state index in [-0.39, 0.29) is 11.8 Å². The molecule has 0 radical (unpaired) electrons. The quantitative estimate of drug-likeness (QED) is 0.895. The van der Waals surface area contributed by atoms with Crippen LogP contribution in [0.4, 0.5) is 5.69 Å². The van der Waals surface area contributed by atoms with Gasteiger partial charge < -0.3 is 10.2 Å². The van der Waals surface area contributed by atoms with E-state index in [1.54, 1.807) is 0 Å². The molecule has 0 spiro atoms. The Hall–Kier alpha value is -1.65. The fourth-order valence-electron chi connectivity index (χ4n) is 2.62. The molecule has 5 heteroatoms. The lowest BCUT2D eigenvalue weighted by Crippen LogP contribution is -2.43. The second-order valence-electron chi connectivity index (χ2n) is 5.07. The van der Waals surface area contributed by atoms with Gasteiger partial charge in [0.05, 0.1) is 23.5 Å². The number of aryl methyl sites for hydroxylation is 2. The highest BCUT2D eigenvalue weighted by Gasteiger charge is 2.26. The number of piperidine rings is 1. The Bertz CT molecular complexity index is 461. The fraction of sp³-hybridized carbons (Fsp3) is 0.643. The van der Waals surface area contributed by atoms with Crippen LogP contribution < -0.4 is 10.2 Å². The number of amides is 1. The lowest BCUT2D eigenvalue weighted by atomic mass is 9.96. The van der Waals surface area contributed by atoms with E-state index in [1.807, 2.05) is 27.0 Å². The zero-order valence-corrected chi connectivity index (χ0v) is 11.9. The van der Waals surface area contributed by atoms with Crippen molar-refractivity contribution in [3.8, 4) is 0 Å². The summed E-state index contributed by atoms with van der Waals surface area (Å²) in [5.41, 5.74) is 2.05. The van der Waals surface area contributed by atoms with Gasteiger partial charge in [0.25, 0.3) is 0 Å². The molecule has 5 nitrogen and oxygen atoms in total. The van der Waals surface area contributed by atoms with Gasteiger partial charge in [0.2, 0.25) is 5.91 Å². The molecule has 1 aliphatic rings. The highest BCUT2D eigenvalue weighted by Crippen LogP contribution is 2.24. The van der Waals surface area contributed by atoms with Crippen LogP contribution in [0.5, 0.6) is 0 Å². The standard InChI is InChI=1S/C14H22N4O/c1-4-15-14(19)12-6-5-7-18(9-12)13-8-16-11(3)17-10(13)2/h8,12H,4-7,9H2,1-3H3,(H,15,19)/t12-/m0/s1. The van der Waals surface area contributed by atoms with Crippen LogP contribution in [0.2, 0.25) is 0 Å². The van der Waals surface area contributed by atoms with E-state index < -0.39 is 0 Å². The van der Waals surface area contributed by atoms with Gasteiger partial charge in [0, 0.05) is 19.6 Å². The van der Waals surface area contributed by atoms with Gasteiger partial charge in [-0.25, -0.2) is 9.97 Å². The van der Waals surface area contributed by atoms with Gasteiger partial charge in [-0.15, -0.1) is 0 Å². The Morgan fingerprint density at radius 1 is 1.53 bits per heavy atom. The Kier molecular flexibility index (Phi) is 4.35. The molecule has 0 unspecified atom stereocenters. The molecule has 1 atom stereocenters. The monoisotopic (exact) mass is 262 g/mol. The topological polar surface area (TPSA) is 58.1 Å². The summed E-state index contributed by atoms with van der Waals surface area (Å²) < 4.78 is 0. The van der Waals surface area contributed by atoms with Crippen molar-refractivity contribution in [1.82, 2.24) is 15.3 Å². The van der Waals surface area contributed by atoms with Crippen molar-refractivity contribution < 1.29 is 4.79 Å². The largest absolute Gasteiger partial charge is 0.368 e. The number of nitrogens with zero attached hydrogens (tertiary/aromatic N) is 3. The third-order valence-electron chi connectivity index (χ3n) is 3.56. The number of anilines is 1. The molecule has 104 valence electrons. The lowest BCUT2D eigenvalue weighted by Gasteiger charge is -2.34. The van der Waals surface area contributed by atoms with Crippen molar-refractivity contribution in [2.45, 2.75) is 33.6 Å². The van der Waals surface area contributed by atoms with Crippen LogP contribution in [0, 0.1) is 19.8 Å². The summed E-state index contributed by atoms with van der Waals surface area (Å²) in [5.74, 6) is 1.03. The summed E-state index contributed by atoms with van der Waals surface area (Å²) in [4.78, 5) is 22.8. The van der Waals surface area contributed by atoms with Crippen LogP contribution in [0.1, 0.15) is 31.3 Å². The van der Waals surface area contributed by atoms with Crippen LogP contribution >= 0.6 is 0 Å². The molecule has 1 saturated heterocycles.